The van der Waals surface area contributed by atoms with Crippen molar-refractivity contribution in [3.8, 4) is 0 Å². The Bertz CT molecular complexity index is 557. The van der Waals surface area contributed by atoms with Gasteiger partial charge in [0.1, 0.15) is 0 Å². The molecule has 1 saturated heterocycles. The molecule has 1 amide bonds. The highest BCUT2D eigenvalue weighted by molar-refractivity contribution is 5.80. The average molecular weight is 315 g/mol. The second-order valence-electron chi connectivity index (χ2n) is 7.02. The van der Waals surface area contributed by atoms with Gasteiger partial charge in [-0.2, -0.15) is 0 Å². The molecule has 1 aromatic carbocycles. The van der Waals surface area contributed by atoms with Crippen molar-refractivity contribution in [2.75, 3.05) is 13.1 Å². The standard InChI is InChI=1S/C19H25NO3/c21-17(16-7-4-8-16)20-13-11-19(12-14-20,18(22)23)10-9-15-5-2-1-3-6-15/h1-3,5-6,16H,4,7-14H2,(H,22,23). The minimum atomic E-state index is -0.704. The molecule has 23 heavy (non-hydrogen) atoms. The Labute approximate surface area is 137 Å². The van der Waals surface area contributed by atoms with Gasteiger partial charge in [-0.25, -0.2) is 0 Å². The second kappa shape index (κ2) is 6.73. The summed E-state index contributed by atoms with van der Waals surface area (Å²) in [6.07, 6.45) is 5.75. The van der Waals surface area contributed by atoms with E-state index >= 15 is 0 Å². The largest absolute Gasteiger partial charge is 0.481 e. The summed E-state index contributed by atoms with van der Waals surface area (Å²) in [5, 5.41) is 9.75. The fourth-order valence-corrected chi connectivity index (χ4v) is 3.67. The van der Waals surface area contributed by atoms with E-state index in [1.165, 1.54) is 5.56 Å². The molecule has 4 heteroatoms. The van der Waals surface area contributed by atoms with Gasteiger partial charge in [0, 0.05) is 19.0 Å². The normalized spacial score (nSPS) is 20.8. The van der Waals surface area contributed by atoms with Gasteiger partial charge in [-0.15, -0.1) is 0 Å². The van der Waals surface area contributed by atoms with Gasteiger partial charge < -0.3 is 10.0 Å². The number of rotatable bonds is 5. The van der Waals surface area contributed by atoms with Crippen LogP contribution in [0.15, 0.2) is 30.3 Å². The summed E-state index contributed by atoms with van der Waals surface area (Å²) >= 11 is 0. The number of nitrogens with zero attached hydrogens (tertiary/aromatic N) is 1. The molecule has 1 aromatic rings. The summed E-state index contributed by atoms with van der Waals surface area (Å²) in [6.45, 7) is 1.19. The van der Waals surface area contributed by atoms with E-state index in [0.29, 0.717) is 32.4 Å². The molecule has 1 saturated carbocycles. The van der Waals surface area contributed by atoms with Crippen molar-refractivity contribution in [2.24, 2.45) is 11.3 Å². The van der Waals surface area contributed by atoms with Gasteiger partial charge in [-0.1, -0.05) is 36.8 Å². The molecule has 0 unspecified atom stereocenters. The van der Waals surface area contributed by atoms with Crippen LogP contribution in [0.4, 0.5) is 0 Å². The maximum absolute atomic E-state index is 12.3. The highest BCUT2D eigenvalue weighted by Crippen LogP contribution is 2.38. The van der Waals surface area contributed by atoms with Crippen molar-refractivity contribution in [1.82, 2.24) is 4.90 Å². The fraction of sp³-hybridized carbons (Fsp3) is 0.579. The summed E-state index contributed by atoms with van der Waals surface area (Å²) < 4.78 is 0. The predicted molar refractivity (Wildman–Crippen MR) is 88.0 cm³/mol. The highest BCUT2D eigenvalue weighted by Gasteiger charge is 2.43. The topological polar surface area (TPSA) is 57.6 Å². The molecule has 0 radical (unpaired) electrons. The number of piperidine rings is 1. The number of aryl methyl sites for hydroxylation is 1. The molecule has 0 bridgehead atoms. The first-order valence-corrected chi connectivity index (χ1v) is 8.67. The van der Waals surface area contributed by atoms with Crippen LogP contribution >= 0.6 is 0 Å². The first-order chi connectivity index (χ1) is 11.1. The zero-order chi connectivity index (χ0) is 16.3. The Hall–Kier alpha value is -1.84. The van der Waals surface area contributed by atoms with Gasteiger partial charge in [0.2, 0.25) is 5.91 Å². The van der Waals surface area contributed by atoms with Crippen LogP contribution in [0.1, 0.15) is 44.1 Å². The van der Waals surface area contributed by atoms with Gasteiger partial charge in [0.05, 0.1) is 5.41 Å². The summed E-state index contributed by atoms with van der Waals surface area (Å²) in [5.41, 5.74) is 0.507. The van der Waals surface area contributed by atoms with Crippen molar-refractivity contribution >= 4 is 11.9 Å². The van der Waals surface area contributed by atoms with Crippen LogP contribution in [0.5, 0.6) is 0 Å². The van der Waals surface area contributed by atoms with Gasteiger partial charge in [0.25, 0.3) is 0 Å². The number of amides is 1. The van der Waals surface area contributed by atoms with E-state index in [0.717, 1.165) is 25.7 Å². The Balaban J connectivity index is 1.59. The summed E-state index contributed by atoms with van der Waals surface area (Å²) in [7, 11) is 0. The first-order valence-electron chi connectivity index (χ1n) is 8.67. The number of likely N-dealkylation sites (tertiary alicyclic amines) is 1. The molecule has 1 aliphatic carbocycles. The lowest BCUT2D eigenvalue weighted by Gasteiger charge is -2.41. The van der Waals surface area contributed by atoms with Crippen LogP contribution in [0.3, 0.4) is 0 Å². The van der Waals surface area contributed by atoms with Gasteiger partial charge in [-0.05, 0) is 44.1 Å². The van der Waals surface area contributed by atoms with Gasteiger partial charge in [0.15, 0.2) is 0 Å². The molecule has 1 N–H and O–H groups in total. The number of carbonyl (C=O) groups is 2. The van der Waals surface area contributed by atoms with E-state index in [1.54, 1.807) is 0 Å². The average Bonchev–Trinajstić information content (AvgIpc) is 2.52. The van der Waals surface area contributed by atoms with Gasteiger partial charge in [-0.3, -0.25) is 9.59 Å². The predicted octanol–water partition coefficient (Wildman–Crippen LogP) is 3.11. The number of carboxylic acid groups (broad SMARTS) is 1. The molecule has 2 fully saturated rings. The van der Waals surface area contributed by atoms with Crippen LogP contribution in [0.2, 0.25) is 0 Å². The van der Waals surface area contributed by atoms with Crippen molar-refractivity contribution < 1.29 is 14.7 Å². The van der Waals surface area contributed by atoms with Crippen molar-refractivity contribution in [2.45, 2.75) is 44.9 Å². The second-order valence-corrected chi connectivity index (χ2v) is 7.02. The number of hydrogen-bond acceptors (Lipinski definition) is 2. The Kier molecular flexibility index (Phi) is 4.69. The smallest absolute Gasteiger partial charge is 0.309 e. The molecule has 1 aliphatic heterocycles. The highest BCUT2D eigenvalue weighted by atomic mass is 16.4. The molecule has 4 nitrogen and oxygen atoms in total. The Morgan fingerprint density at radius 3 is 2.30 bits per heavy atom. The van der Waals surface area contributed by atoms with Crippen molar-refractivity contribution in [3.63, 3.8) is 0 Å². The van der Waals surface area contributed by atoms with E-state index in [4.69, 9.17) is 0 Å². The summed E-state index contributed by atoms with van der Waals surface area (Å²) in [6, 6.07) is 10.0. The lowest BCUT2D eigenvalue weighted by atomic mass is 9.73. The van der Waals surface area contributed by atoms with E-state index in [9.17, 15) is 14.7 Å². The zero-order valence-corrected chi connectivity index (χ0v) is 13.5. The molecule has 1 heterocycles. The molecule has 0 aromatic heterocycles. The Morgan fingerprint density at radius 2 is 1.78 bits per heavy atom. The number of benzene rings is 1. The molecule has 3 rings (SSSR count). The molecular formula is C19H25NO3. The summed E-state index contributed by atoms with van der Waals surface area (Å²) in [4.78, 5) is 26.1. The third-order valence-electron chi connectivity index (χ3n) is 5.68. The quantitative estimate of drug-likeness (QED) is 0.908. The number of carboxylic acids is 1. The lowest BCUT2D eigenvalue weighted by molar-refractivity contribution is -0.156. The monoisotopic (exact) mass is 315 g/mol. The minimum absolute atomic E-state index is 0.205. The van der Waals surface area contributed by atoms with Crippen molar-refractivity contribution in [1.29, 1.82) is 0 Å². The van der Waals surface area contributed by atoms with E-state index in [-0.39, 0.29) is 11.8 Å². The van der Waals surface area contributed by atoms with Crippen LogP contribution in [0, 0.1) is 11.3 Å². The number of carbonyl (C=O) groups excluding carboxylic acids is 1. The number of aliphatic carboxylic acids is 1. The van der Waals surface area contributed by atoms with Crippen LogP contribution < -0.4 is 0 Å². The maximum atomic E-state index is 12.3. The van der Waals surface area contributed by atoms with Crippen LogP contribution in [-0.2, 0) is 16.0 Å². The van der Waals surface area contributed by atoms with Crippen LogP contribution in [0.25, 0.3) is 0 Å². The third-order valence-corrected chi connectivity index (χ3v) is 5.68. The Morgan fingerprint density at radius 1 is 1.13 bits per heavy atom. The van der Waals surface area contributed by atoms with E-state index in [1.807, 2.05) is 35.2 Å². The molecular weight excluding hydrogens is 290 g/mol. The lowest BCUT2D eigenvalue weighted by Crippen LogP contribution is -2.49. The zero-order valence-electron chi connectivity index (χ0n) is 13.5. The number of hydrogen-bond donors (Lipinski definition) is 1. The molecule has 124 valence electrons. The minimum Gasteiger partial charge on any atom is -0.481 e. The first kappa shape index (κ1) is 16.0. The molecule has 0 spiro atoms. The van der Waals surface area contributed by atoms with Crippen LogP contribution in [-0.4, -0.2) is 35.0 Å². The molecule has 0 atom stereocenters. The van der Waals surface area contributed by atoms with E-state index < -0.39 is 11.4 Å². The molecule has 2 aliphatic rings. The van der Waals surface area contributed by atoms with E-state index in [2.05, 4.69) is 0 Å². The van der Waals surface area contributed by atoms with Gasteiger partial charge >= 0.3 is 5.97 Å². The van der Waals surface area contributed by atoms with Crippen molar-refractivity contribution in [3.05, 3.63) is 35.9 Å². The fourth-order valence-electron chi connectivity index (χ4n) is 3.67. The summed E-state index contributed by atoms with van der Waals surface area (Å²) in [5.74, 6) is -0.251. The maximum Gasteiger partial charge on any atom is 0.309 e. The SMILES string of the molecule is O=C(C1CCC1)N1CCC(CCc2ccccc2)(C(=O)O)CC1. The third kappa shape index (κ3) is 3.41.